The molecule has 2 aromatic carbocycles. The molecule has 0 unspecified atom stereocenters. The van der Waals surface area contributed by atoms with Crippen molar-refractivity contribution in [3.05, 3.63) is 66.0 Å². The van der Waals surface area contributed by atoms with Gasteiger partial charge in [-0.05, 0) is 53.2 Å². The van der Waals surface area contributed by atoms with Gasteiger partial charge in [0.25, 0.3) is 5.56 Å². The third-order valence-corrected chi connectivity index (χ3v) is 5.13. The summed E-state index contributed by atoms with van der Waals surface area (Å²) in [6.45, 7) is 4.32. The van der Waals surface area contributed by atoms with Gasteiger partial charge in [-0.2, -0.15) is 9.78 Å². The van der Waals surface area contributed by atoms with Gasteiger partial charge in [-0.1, -0.05) is 34.5 Å². The molecule has 0 N–H and O–H groups in total. The van der Waals surface area contributed by atoms with Crippen molar-refractivity contribution >= 4 is 60.6 Å². The fraction of sp³-hybridized carbons (Fsp3) is 0.211. The molecule has 0 aliphatic carbocycles. The van der Waals surface area contributed by atoms with Crippen LogP contribution in [0.15, 0.2) is 49.2 Å². The minimum absolute atomic E-state index is 0.228. The van der Waals surface area contributed by atoms with E-state index in [0.29, 0.717) is 46.1 Å². The van der Waals surface area contributed by atoms with Crippen LogP contribution in [0.4, 0.5) is 0 Å². The van der Waals surface area contributed by atoms with E-state index in [1.54, 1.807) is 24.4 Å². The Balaban J connectivity index is 2.17. The average Bonchev–Trinajstić information content (AvgIpc) is 2.63. The quantitative estimate of drug-likeness (QED) is 0.428. The Kier molecular flexibility index (Phi) is 6.34. The highest BCUT2D eigenvalue weighted by Crippen LogP contribution is 2.32. The molecule has 3 rings (SSSR count). The Labute approximate surface area is 178 Å². The molecule has 0 aliphatic heterocycles. The van der Waals surface area contributed by atoms with Gasteiger partial charge in [0.05, 0.1) is 28.2 Å². The van der Waals surface area contributed by atoms with Crippen molar-refractivity contribution in [2.75, 3.05) is 6.61 Å². The number of ether oxygens (including phenoxy) is 1. The molecule has 0 aliphatic rings. The monoisotopic (exact) mass is 511 g/mol. The molecule has 5 nitrogen and oxygen atoms in total. The first-order valence-corrected chi connectivity index (χ1v) is 10.3. The molecule has 140 valence electrons. The molecule has 8 heteroatoms. The molecule has 1 aromatic heterocycles. The molecule has 0 fully saturated rings. The second kappa shape index (κ2) is 8.54. The Bertz CT molecular complexity index is 1100. The van der Waals surface area contributed by atoms with E-state index in [9.17, 15) is 4.79 Å². The van der Waals surface area contributed by atoms with Crippen molar-refractivity contribution in [2.45, 2.75) is 20.3 Å². The maximum Gasteiger partial charge on any atom is 0.282 e. The van der Waals surface area contributed by atoms with Crippen LogP contribution in [0, 0.1) is 0 Å². The number of halogens is 3. The van der Waals surface area contributed by atoms with Crippen LogP contribution in [0.1, 0.15) is 25.2 Å². The topological polar surface area (TPSA) is 56.5 Å². The number of fused-ring (bicyclic) bond motifs is 1. The minimum Gasteiger partial charge on any atom is -0.492 e. The lowest BCUT2D eigenvalue weighted by molar-refractivity contribution is 0.337. The van der Waals surface area contributed by atoms with Crippen LogP contribution in [0.3, 0.4) is 0 Å². The van der Waals surface area contributed by atoms with E-state index >= 15 is 0 Å². The van der Waals surface area contributed by atoms with Crippen LogP contribution >= 0.6 is 43.5 Å². The van der Waals surface area contributed by atoms with E-state index in [0.717, 1.165) is 8.95 Å². The van der Waals surface area contributed by atoms with Crippen LogP contribution in [-0.4, -0.2) is 22.5 Å². The molecule has 0 spiro atoms. The van der Waals surface area contributed by atoms with Gasteiger partial charge in [-0.3, -0.25) is 4.79 Å². The maximum absolute atomic E-state index is 12.9. The molecule has 0 bridgehead atoms. The zero-order valence-corrected chi connectivity index (χ0v) is 18.6. The van der Waals surface area contributed by atoms with E-state index in [-0.39, 0.29) is 5.56 Å². The highest BCUT2D eigenvalue weighted by Gasteiger charge is 2.12. The fourth-order valence-corrected chi connectivity index (χ4v) is 3.94. The molecule has 0 radical (unpaired) electrons. The lowest BCUT2D eigenvalue weighted by Crippen LogP contribution is -2.22. The number of benzene rings is 2. The van der Waals surface area contributed by atoms with E-state index < -0.39 is 0 Å². The summed E-state index contributed by atoms with van der Waals surface area (Å²) in [5.41, 5.74) is 1.08. The number of hydrogen-bond donors (Lipinski definition) is 0. The van der Waals surface area contributed by atoms with Crippen molar-refractivity contribution < 1.29 is 4.74 Å². The van der Waals surface area contributed by atoms with Gasteiger partial charge < -0.3 is 4.74 Å². The predicted molar refractivity (Wildman–Crippen MR) is 116 cm³/mol. The van der Waals surface area contributed by atoms with Gasteiger partial charge in [0.1, 0.15) is 11.6 Å². The molecule has 0 saturated carbocycles. The Morgan fingerprint density at radius 3 is 2.74 bits per heavy atom. The molecule has 0 saturated heterocycles. The fourth-order valence-electron chi connectivity index (χ4n) is 2.64. The van der Waals surface area contributed by atoms with Gasteiger partial charge in [-0.25, -0.2) is 4.98 Å². The zero-order chi connectivity index (χ0) is 19.6. The first kappa shape index (κ1) is 20.0. The predicted octanol–water partition coefficient (Wildman–Crippen LogP) is 5.42. The van der Waals surface area contributed by atoms with Crippen molar-refractivity contribution in [2.24, 2.45) is 5.10 Å². The van der Waals surface area contributed by atoms with E-state index in [1.807, 2.05) is 26.0 Å². The number of rotatable bonds is 5. The highest BCUT2D eigenvalue weighted by molar-refractivity contribution is 9.10. The number of hydrogen-bond acceptors (Lipinski definition) is 4. The average molecular weight is 514 g/mol. The summed E-state index contributed by atoms with van der Waals surface area (Å²) < 4.78 is 8.53. The van der Waals surface area contributed by atoms with E-state index in [4.69, 9.17) is 16.3 Å². The normalized spacial score (nSPS) is 11.4. The van der Waals surface area contributed by atoms with Crippen LogP contribution in [0.5, 0.6) is 5.75 Å². The van der Waals surface area contributed by atoms with Gasteiger partial charge >= 0.3 is 0 Å². The van der Waals surface area contributed by atoms with Crippen molar-refractivity contribution in [1.82, 2.24) is 9.66 Å². The Morgan fingerprint density at radius 1 is 1.26 bits per heavy atom. The molecule has 0 amide bonds. The van der Waals surface area contributed by atoms with Crippen LogP contribution < -0.4 is 10.3 Å². The van der Waals surface area contributed by atoms with E-state index in [2.05, 4.69) is 41.9 Å². The molecule has 0 atom stereocenters. The summed E-state index contributed by atoms with van der Waals surface area (Å²) >= 11 is 13.0. The van der Waals surface area contributed by atoms with Crippen molar-refractivity contribution in [3.8, 4) is 5.75 Å². The Morgan fingerprint density at radius 2 is 2.04 bits per heavy atom. The summed E-state index contributed by atoms with van der Waals surface area (Å²) in [5.74, 6) is 1.19. The molecule has 1 heterocycles. The summed E-state index contributed by atoms with van der Waals surface area (Å²) in [7, 11) is 0. The molecule has 3 aromatic rings. The van der Waals surface area contributed by atoms with Crippen LogP contribution in [0.2, 0.25) is 5.02 Å². The van der Waals surface area contributed by atoms with Gasteiger partial charge in [0.2, 0.25) is 0 Å². The van der Waals surface area contributed by atoms with Crippen molar-refractivity contribution in [1.29, 1.82) is 0 Å². The maximum atomic E-state index is 12.9. The minimum atomic E-state index is -0.228. The lowest BCUT2D eigenvalue weighted by atomic mass is 10.2. The lowest BCUT2D eigenvalue weighted by Gasteiger charge is -2.11. The van der Waals surface area contributed by atoms with Gasteiger partial charge in [0.15, 0.2) is 0 Å². The molecule has 27 heavy (non-hydrogen) atoms. The third kappa shape index (κ3) is 4.25. The summed E-state index contributed by atoms with van der Waals surface area (Å²) in [6, 6.07) is 8.91. The zero-order valence-electron chi connectivity index (χ0n) is 14.7. The SMILES string of the molecule is CCOc1c(Br)cc(Cl)cc1C=Nn1c(CC)nc2ccc(Br)cc2c1=O. The largest absolute Gasteiger partial charge is 0.492 e. The molecular weight excluding hydrogens is 497 g/mol. The van der Waals surface area contributed by atoms with Gasteiger partial charge in [-0.15, -0.1) is 0 Å². The van der Waals surface area contributed by atoms with E-state index in [1.165, 1.54) is 4.68 Å². The summed E-state index contributed by atoms with van der Waals surface area (Å²) in [4.78, 5) is 17.5. The summed E-state index contributed by atoms with van der Waals surface area (Å²) in [5, 5.41) is 5.43. The van der Waals surface area contributed by atoms with Crippen LogP contribution in [0.25, 0.3) is 10.9 Å². The third-order valence-electron chi connectivity index (χ3n) is 3.83. The second-order valence-corrected chi connectivity index (χ2v) is 7.85. The van der Waals surface area contributed by atoms with Crippen molar-refractivity contribution in [3.63, 3.8) is 0 Å². The number of aromatic nitrogens is 2. The highest BCUT2D eigenvalue weighted by atomic mass is 79.9. The smallest absolute Gasteiger partial charge is 0.282 e. The summed E-state index contributed by atoms with van der Waals surface area (Å²) in [6.07, 6.45) is 2.13. The van der Waals surface area contributed by atoms with Gasteiger partial charge in [0, 0.05) is 21.5 Å². The Hall–Kier alpha value is -1.70. The van der Waals surface area contributed by atoms with Crippen LogP contribution in [-0.2, 0) is 6.42 Å². The number of aryl methyl sites for hydroxylation is 1. The number of nitrogens with zero attached hydrogens (tertiary/aromatic N) is 3. The standard InChI is InChI=1S/C19H16Br2ClN3O2/c1-3-17-24-16-6-5-12(20)8-14(16)19(26)25(17)23-10-11-7-13(22)9-15(21)18(11)27-4-2/h5-10H,3-4H2,1-2H3. The first-order chi connectivity index (χ1) is 12.9. The molecular formula is C19H16Br2ClN3O2. The first-order valence-electron chi connectivity index (χ1n) is 8.32. The second-order valence-electron chi connectivity index (χ2n) is 5.64.